The smallest absolute Gasteiger partial charge is 0.343 e. The zero-order valence-corrected chi connectivity index (χ0v) is 14.5. The third-order valence-corrected chi connectivity index (χ3v) is 4.42. The lowest BCUT2D eigenvalue weighted by atomic mass is 10.2. The Balaban J connectivity index is 1.81. The molecule has 0 spiro atoms. The lowest BCUT2D eigenvalue weighted by Crippen LogP contribution is -2.29. The van der Waals surface area contributed by atoms with E-state index in [0.29, 0.717) is 0 Å². The van der Waals surface area contributed by atoms with Crippen molar-refractivity contribution >= 4 is 18.2 Å². The van der Waals surface area contributed by atoms with Gasteiger partial charge >= 0.3 is 11.7 Å². The summed E-state index contributed by atoms with van der Waals surface area (Å²) < 4.78 is 11.8. The van der Waals surface area contributed by atoms with Crippen LogP contribution in [-0.4, -0.2) is 44.5 Å². The molecule has 0 radical (unpaired) electrons. The monoisotopic (exact) mass is 378 g/mol. The van der Waals surface area contributed by atoms with Crippen molar-refractivity contribution < 1.29 is 24.5 Å². The number of aliphatic hydroxyl groups excluding tert-OH is 2. The predicted molar refractivity (Wildman–Crippen MR) is 93.1 cm³/mol. The summed E-state index contributed by atoms with van der Waals surface area (Å²) in [6.07, 6.45) is -1.15. The van der Waals surface area contributed by atoms with E-state index in [2.05, 4.69) is 4.98 Å². The molecule has 0 unspecified atom stereocenters. The lowest BCUT2D eigenvalue weighted by Gasteiger charge is -2.15. The summed E-state index contributed by atoms with van der Waals surface area (Å²) in [5.74, 6) is -0.680. The first-order chi connectivity index (χ1) is 12.5. The largest absolute Gasteiger partial charge is 0.457 e. The van der Waals surface area contributed by atoms with Gasteiger partial charge < -0.3 is 19.7 Å². The highest BCUT2D eigenvalue weighted by Crippen LogP contribution is 2.27. The number of rotatable bonds is 5. The molecule has 3 atom stereocenters. The molecular formula is C17H18N2O6S. The van der Waals surface area contributed by atoms with Crippen LogP contribution in [0.2, 0.25) is 0 Å². The number of aliphatic hydroxyl groups is 2. The highest BCUT2D eigenvalue weighted by Gasteiger charge is 2.35. The summed E-state index contributed by atoms with van der Waals surface area (Å²) in [4.78, 5) is 26.9. The summed E-state index contributed by atoms with van der Waals surface area (Å²) in [5, 5.41) is 19.0. The van der Waals surface area contributed by atoms with Crippen LogP contribution in [-0.2, 0) is 16.1 Å². The second kappa shape index (κ2) is 7.92. The molecule has 1 aliphatic rings. The topological polar surface area (TPSA) is 114 Å². The molecule has 1 aliphatic heterocycles. The van der Waals surface area contributed by atoms with Crippen molar-refractivity contribution in [2.24, 2.45) is 0 Å². The molecule has 2 heterocycles. The fraction of sp³-hybridized carbons (Fsp3) is 0.353. The van der Waals surface area contributed by atoms with E-state index in [0.717, 1.165) is 10.1 Å². The zero-order chi connectivity index (χ0) is 18.7. The summed E-state index contributed by atoms with van der Waals surface area (Å²) in [5.41, 5.74) is 0.253. The van der Waals surface area contributed by atoms with Crippen LogP contribution in [0.4, 0.5) is 0 Å². The number of hydrogen-bond donors (Lipinski definition) is 3. The molecule has 9 heteroatoms. The lowest BCUT2D eigenvalue weighted by molar-refractivity contribution is -0.0460. The van der Waals surface area contributed by atoms with E-state index in [1.54, 1.807) is 0 Å². The Kier molecular flexibility index (Phi) is 5.62. The Hall–Kier alpha value is -2.33. The van der Waals surface area contributed by atoms with Gasteiger partial charge in [-0.2, -0.15) is 0 Å². The number of hydrogen-bond acceptors (Lipinski definition) is 7. The van der Waals surface area contributed by atoms with Gasteiger partial charge in [0.05, 0.1) is 12.7 Å². The highest BCUT2D eigenvalue weighted by atomic mass is 32.1. The first-order valence-electron chi connectivity index (χ1n) is 8.00. The fourth-order valence-electron chi connectivity index (χ4n) is 2.70. The molecule has 1 aromatic heterocycles. The number of benzene rings is 1. The van der Waals surface area contributed by atoms with E-state index in [9.17, 15) is 14.7 Å². The molecule has 3 rings (SSSR count). The average Bonchev–Trinajstić information content (AvgIpc) is 3.01. The number of ether oxygens (including phenoxy) is 2. The van der Waals surface area contributed by atoms with Crippen molar-refractivity contribution in [3.63, 3.8) is 0 Å². The van der Waals surface area contributed by atoms with Crippen molar-refractivity contribution in [3.8, 4) is 0 Å². The maximum Gasteiger partial charge on any atom is 0.343 e. The number of H-pyrrole nitrogens is 1. The van der Waals surface area contributed by atoms with Gasteiger partial charge in [0, 0.05) is 12.6 Å². The number of nitrogens with one attached hydrogen (secondary N) is 1. The Morgan fingerprint density at radius 1 is 1.38 bits per heavy atom. The van der Waals surface area contributed by atoms with Crippen LogP contribution in [0.5, 0.6) is 0 Å². The normalized spacial score (nSPS) is 22.3. The molecule has 0 saturated carbocycles. The number of aromatic amines is 1. The molecule has 1 fully saturated rings. The third-order valence-electron chi connectivity index (χ3n) is 4.09. The zero-order valence-electron chi connectivity index (χ0n) is 13.7. The van der Waals surface area contributed by atoms with Crippen molar-refractivity contribution in [1.82, 2.24) is 9.55 Å². The van der Waals surface area contributed by atoms with E-state index in [1.807, 2.05) is 30.3 Å². The van der Waals surface area contributed by atoms with Gasteiger partial charge in [0.25, 0.3) is 0 Å². The average molecular weight is 378 g/mol. The Morgan fingerprint density at radius 3 is 2.77 bits per heavy atom. The first-order valence-corrected chi connectivity index (χ1v) is 8.41. The number of carbonyl (C=O) groups is 1. The minimum Gasteiger partial charge on any atom is -0.457 e. The van der Waals surface area contributed by atoms with Gasteiger partial charge in [-0.05, 0) is 5.56 Å². The Bertz CT molecular complexity index is 894. The van der Waals surface area contributed by atoms with E-state index in [-0.39, 0.29) is 29.8 Å². The molecule has 0 aliphatic carbocycles. The maximum atomic E-state index is 12.3. The minimum atomic E-state index is -0.909. The second-order valence-corrected chi connectivity index (χ2v) is 6.29. The summed E-state index contributed by atoms with van der Waals surface area (Å²) >= 11 is 5.05. The van der Waals surface area contributed by atoms with Gasteiger partial charge in [-0.25, -0.2) is 9.59 Å². The van der Waals surface area contributed by atoms with Crippen LogP contribution in [0.3, 0.4) is 0 Å². The Morgan fingerprint density at radius 2 is 2.12 bits per heavy atom. The van der Waals surface area contributed by atoms with E-state index in [4.69, 9.17) is 26.8 Å². The van der Waals surface area contributed by atoms with Crippen LogP contribution in [0.15, 0.2) is 41.3 Å². The van der Waals surface area contributed by atoms with Crippen molar-refractivity contribution in [2.45, 2.75) is 31.5 Å². The quantitative estimate of drug-likeness (QED) is 0.523. The number of aromatic nitrogens is 2. The minimum absolute atomic E-state index is 0.0149. The van der Waals surface area contributed by atoms with Gasteiger partial charge in [-0.1, -0.05) is 42.5 Å². The van der Waals surface area contributed by atoms with E-state index in [1.165, 1.54) is 6.20 Å². The molecule has 1 saturated heterocycles. The van der Waals surface area contributed by atoms with Gasteiger partial charge in [0.15, 0.2) is 0 Å². The molecule has 0 bridgehead atoms. The van der Waals surface area contributed by atoms with Crippen LogP contribution in [0.1, 0.15) is 28.6 Å². The molecule has 3 N–H and O–H groups in total. The van der Waals surface area contributed by atoms with Crippen LogP contribution >= 0.6 is 12.2 Å². The molecule has 138 valence electrons. The predicted octanol–water partition coefficient (Wildman–Crippen LogP) is 0.904. The number of carbonyl (C=O) groups excluding carboxylic acids is 1. The van der Waals surface area contributed by atoms with Crippen molar-refractivity contribution in [3.05, 3.63) is 62.8 Å². The molecule has 0 amide bonds. The summed E-state index contributed by atoms with van der Waals surface area (Å²) in [7, 11) is 0. The van der Waals surface area contributed by atoms with Crippen LogP contribution in [0, 0.1) is 4.64 Å². The summed E-state index contributed by atoms with van der Waals surface area (Å²) in [6.45, 7) is -0.306. The maximum absolute atomic E-state index is 12.3. The van der Waals surface area contributed by atoms with Crippen LogP contribution in [0.25, 0.3) is 0 Å². The summed E-state index contributed by atoms with van der Waals surface area (Å²) in [6, 6.07) is 9.15. The van der Waals surface area contributed by atoms with Gasteiger partial charge in [-0.3, -0.25) is 9.55 Å². The van der Waals surface area contributed by atoms with Gasteiger partial charge in [0.1, 0.15) is 29.1 Å². The SMILES string of the molecule is O=C(OCc1ccccc1)c1cn([C@@H]2C[C@@H](O)[C@H](CO)O2)c(=O)[nH]c1=S. The molecule has 26 heavy (non-hydrogen) atoms. The first kappa shape index (κ1) is 18.5. The van der Waals surface area contributed by atoms with Gasteiger partial charge in [0.2, 0.25) is 0 Å². The van der Waals surface area contributed by atoms with E-state index < -0.39 is 30.1 Å². The van der Waals surface area contributed by atoms with Crippen molar-refractivity contribution in [2.75, 3.05) is 6.61 Å². The second-order valence-electron chi connectivity index (χ2n) is 5.89. The van der Waals surface area contributed by atoms with Crippen LogP contribution < -0.4 is 5.69 Å². The highest BCUT2D eigenvalue weighted by molar-refractivity contribution is 7.71. The fourth-order valence-corrected chi connectivity index (χ4v) is 2.92. The molecular weight excluding hydrogens is 360 g/mol. The number of esters is 1. The number of nitrogens with zero attached hydrogens (tertiary/aromatic N) is 1. The molecule has 8 nitrogen and oxygen atoms in total. The van der Waals surface area contributed by atoms with Crippen molar-refractivity contribution in [1.29, 1.82) is 0 Å². The Labute approximate surface area is 153 Å². The molecule has 2 aromatic rings. The van der Waals surface area contributed by atoms with Gasteiger partial charge in [-0.15, -0.1) is 0 Å². The standard InChI is InChI=1S/C17H18N2O6S/c20-8-13-12(21)6-14(25-13)19-7-11(15(26)18-17(19)23)16(22)24-9-10-4-2-1-3-5-10/h1-5,7,12-14,20-21H,6,8-9H2,(H,18,23,26)/t12-,13+,14+/m1/s1. The van der Waals surface area contributed by atoms with E-state index >= 15 is 0 Å². The third kappa shape index (κ3) is 3.91. The molecule has 1 aromatic carbocycles.